The summed E-state index contributed by atoms with van der Waals surface area (Å²) in [6, 6.07) is 0. The van der Waals surface area contributed by atoms with Crippen molar-refractivity contribution in [3.8, 4) is 0 Å². The van der Waals surface area contributed by atoms with Crippen molar-refractivity contribution in [1.82, 2.24) is 0 Å². The maximum absolute atomic E-state index is 6.00. The molecular formula is H4K2O2. The van der Waals surface area contributed by atoms with Crippen LogP contribution in [0.5, 0.6) is 0 Å². The van der Waals surface area contributed by atoms with Crippen molar-refractivity contribution < 1.29 is 10.5 Å². The standard InChI is InChI=1S/2K.H2O2.2H/c;;1-2;;/h;;1-2H;;. The van der Waals surface area contributed by atoms with Gasteiger partial charge in [-0.1, -0.05) is 0 Å². The molecular weight excluding hydrogens is 110 g/mol. The molecule has 0 aliphatic carbocycles. The molecule has 18 valence electrons. The molecule has 0 aliphatic rings. The summed E-state index contributed by atoms with van der Waals surface area (Å²) in [4.78, 5) is 0. The Hall–Kier alpha value is 3.19. The van der Waals surface area contributed by atoms with Crippen molar-refractivity contribution in [2.75, 3.05) is 0 Å². The minimum atomic E-state index is 0. The molecule has 0 saturated heterocycles. The summed E-state index contributed by atoms with van der Waals surface area (Å²) in [7, 11) is 0. The van der Waals surface area contributed by atoms with Crippen LogP contribution in [0, 0.1) is 0 Å². The summed E-state index contributed by atoms with van der Waals surface area (Å²) in [5.41, 5.74) is 0. The average molecular weight is 114 g/mol. The van der Waals surface area contributed by atoms with E-state index in [0.29, 0.717) is 0 Å². The Labute approximate surface area is 110 Å². The molecule has 0 bridgehead atoms. The van der Waals surface area contributed by atoms with E-state index in [4.69, 9.17) is 10.5 Å². The second-order valence-electron chi connectivity index (χ2n) is 0. The summed E-state index contributed by atoms with van der Waals surface area (Å²) < 4.78 is 0. The van der Waals surface area contributed by atoms with Gasteiger partial charge >= 0.3 is 103 Å². The molecule has 0 aromatic rings. The second kappa shape index (κ2) is 16.4. The normalized spacial score (nSPS) is 1.50. The summed E-state index contributed by atoms with van der Waals surface area (Å²) in [6.45, 7) is 0. The van der Waals surface area contributed by atoms with E-state index in [1.165, 1.54) is 0 Å². The van der Waals surface area contributed by atoms with Gasteiger partial charge in [-0.05, 0) is 0 Å². The van der Waals surface area contributed by atoms with Crippen LogP contribution in [-0.2, 0) is 0 Å². The molecule has 4 heavy (non-hydrogen) atoms. The number of hydrogen-bond acceptors (Lipinski definition) is 2. The van der Waals surface area contributed by atoms with Gasteiger partial charge < -0.3 is 0 Å². The van der Waals surface area contributed by atoms with Crippen LogP contribution in [-0.4, -0.2) is 113 Å². The topological polar surface area (TPSA) is 40.5 Å². The molecule has 0 heterocycles. The molecule has 0 fully saturated rings. The quantitative estimate of drug-likeness (QED) is 0.234. The fourth-order valence-corrected chi connectivity index (χ4v) is 0. The Morgan fingerprint density at radius 1 is 0.750 bits per heavy atom. The van der Waals surface area contributed by atoms with E-state index in [9.17, 15) is 0 Å². The van der Waals surface area contributed by atoms with Gasteiger partial charge in [0.05, 0.1) is 0 Å². The molecule has 0 aliphatic heterocycles. The Balaban J connectivity index is -0.00000000500. The van der Waals surface area contributed by atoms with Crippen LogP contribution in [0.4, 0.5) is 0 Å². The van der Waals surface area contributed by atoms with Gasteiger partial charge in [-0.3, -0.25) is 10.5 Å². The van der Waals surface area contributed by atoms with E-state index in [1.807, 2.05) is 0 Å². The third kappa shape index (κ3) is 8.95. The zero-order valence-corrected chi connectivity index (χ0v) is 0.894. The molecule has 0 saturated carbocycles. The molecule has 0 aromatic heterocycles. The van der Waals surface area contributed by atoms with Gasteiger partial charge in [0, 0.05) is 0 Å². The van der Waals surface area contributed by atoms with Crippen molar-refractivity contribution in [2.24, 2.45) is 0 Å². The monoisotopic (exact) mass is 114 g/mol. The van der Waals surface area contributed by atoms with Crippen molar-refractivity contribution >= 4 is 103 Å². The summed E-state index contributed by atoms with van der Waals surface area (Å²) in [6.07, 6.45) is 0. The third-order valence-corrected chi connectivity index (χ3v) is 0. The van der Waals surface area contributed by atoms with E-state index >= 15 is 0 Å². The van der Waals surface area contributed by atoms with E-state index in [1.54, 1.807) is 0 Å². The van der Waals surface area contributed by atoms with Gasteiger partial charge in [0.15, 0.2) is 0 Å². The van der Waals surface area contributed by atoms with Gasteiger partial charge in [-0.25, -0.2) is 0 Å². The summed E-state index contributed by atoms with van der Waals surface area (Å²) in [5, 5.41) is 12.0. The molecule has 0 aromatic carbocycles. The van der Waals surface area contributed by atoms with Crippen molar-refractivity contribution in [2.45, 2.75) is 0 Å². The molecule has 0 rings (SSSR count). The zero-order valence-electron chi connectivity index (χ0n) is 0.894. The van der Waals surface area contributed by atoms with Crippen molar-refractivity contribution in [3.63, 3.8) is 0 Å². The fraction of sp³-hybridized carbons (Fsp3) is 0. The first-order valence-electron chi connectivity index (χ1n) is 0.200. The number of rotatable bonds is 0. The van der Waals surface area contributed by atoms with E-state index in [-0.39, 0.29) is 103 Å². The van der Waals surface area contributed by atoms with Crippen LogP contribution in [0.15, 0.2) is 0 Å². The molecule has 0 atom stereocenters. The van der Waals surface area contributed by atoms with Gasteiger partial charge in [0.25, 0.3) is 0 Å². The van der Waals surface area contributed by atoms with Crippen LogP contribution < -0.4 is 0 Å². The van der Waals surface area contributed by atoms with E-state index in [0.717, 1.165) is 0 Å². The van der Waals surface area contributed by atoms with Gasteiger partial charge in [0.2, 0.25) is 0 Å². The molecule has 4 heteroatoms. The van der Waals surface area contributed by atoms with Crippen LogP contribution in [0.1, 0.15) is 0 Å². The molecule has 0 spiro atoms. The first-order chi connectivity index (χ1) is 1.00. The molecule has 2 N–H and O–H groups in total. The first kappa shape index (κ1) is 15.7. The van der Waals surface area contributed by atoms with Crippen LogP contribution >= 0.6 is 0 Å². The van der Waals surface area contributed by atoms with Crippen LogP contribution in [0.3, 0.4) is 0 Å². The maximum atomic E-state index is 6.00. The summed E-state index contributed by atoms with van der Waals surface area (Å²) in [5.74, 6) is 0. The first-order valence-corrected chi connectivity index (χ1v) is 0.200. The number of hydrogen-bond donors (Lipinski definition) is 2. The second-order valence-corrected chi connectivity index (χ2v) is 0. The third-order valence-electron chi connectivity index (χ3n) is 0. The summed E-state index contributed by atoms with van der Waals surface area (Å²) >= 11 is 0. The average Bonchev–Trinajstić information content (AvgIpc) is 1.00. The van der Waals surface area contributed by atoms with Crippen LogP contribution in [0.25, 0.3) is 0 Å². The Morgan fingerprint density at radius 3 is 0.750 bits per heavy atom. The zero-order chi connectivity index (χ0) is 2.00. The Morgan fingerprint density at radius 2 is 0.750 bits per heavy atom. The molecule has 0 radical (unpaired) electrons. The van der Waals surface area contributed by atoms with Gasteiger partial charge in [0.1, 0.15) is 0 Å². The SMILES string of the molecule is OO.[KH].[KH]. The van der Waals surface area contributed by atoms with Gasteiger partial charge in [-0.2, -0.15) is 0 Å². The minimum absolute atomic E-state index is 0. The predicted octanol–water partition coefficient (Wildman–Crippen LogP) is -1.28. The van der Waals surface area contributed by atoms with Gasteiger partial charge in [-0.15, -0.1) is 0 Å². The molecule has 0 amide bonds. The van der Waals surface area contributed by atoms with Crippen molar-refractivity contribution in [3.05, 3.63) is 0 Å². The fourth-order valence-electron chi connectivity index (χ4n) is 0. The molecule has 0 unspecified atom stereocenters. The van der Waals surface area contributed by atoms with E-state index < -0.39 is 0 Å². The Kier molecular flexibility index (Phi) is 64.3. The predicted molar refractivity (Wildman–Crippen MR) is 19.6 cm³/mol. The van der Waals surface area contributed by atoms with Crippen molar-refractivity contribution in [1.29, 1.82) is 0 Å². The van der Waals surface area contributed by atoms with E-state index in [2.05, 4.69) is 0 Å². The molecule has 2 nitrogen and oxygen atoms in total. The Bertz CT molecular complexity index is 4.00. The van der Waals surface area contributed by atoms with Crippen LogP contribution in [0.2, 0.25) is 0 Å².